The maximum Gasteiger partial charge on any atom is 0.270 e. The number of para-hydroxylation sites is 2. The number of aromatic nitrogens is 4. The average Bonchev–Trinajstić information content (AvgIpc) is 3.50. The molecule has 0 spiro atoms. The number of hydrogen-bond donors (Lipinski definition) is 1. The van der Waals surface area contributed by atoms with Crippen molar-refractivity contribution in [1.82, 2.24) is 25.1 Å². The van der Waals surface area contributed by atoms with Crippen molar-refractivity contribution >= 4 is 40.6 Å². The Kier molecular flexibility index (Phi) is 8.21. The molecule has 2 heterocycles. The zero-order chi connectivity index (χ0) is 23.9. The van der Waals surface area contributed by atoms with Crippen LogP contribution in [0.5, 0.6) is 5.75 Å². The standard InChI is InChI=1S/C24H24ClN5O2S2/c1-3-4-13-26-23(31)18-14-33-21(27-18)15-34-24-29-28-22(16-9-5-6-10-17(16)25)30(24)19-11-7-8-12-20(19)32-2/h5-12,14H,3-4,13,15H2,1-2H3,(H,26,31). The summed E-state index contributed by atoms with van der Waals surface area (Å²) in [6.07, 6.45) is 1.98. The van der Waals surface area contributed by atoms with E-state index in [2.05, 4.69) is 27.4 Å². The molecule has 4 rings (SSSR count). The van der Waals surface area contributed by atoms with E-state index in [9.17, 15) is 4.79 Å². The Morgan fingerprint density at radius 1 is 1.18 bits per heavy atom. The number of carbonyl (C=O) groups excluding carboxylic acids is 1. The molecule has 0 bridgehead atoms. The molecule has 0 saturated carbocycles. The summed E-state index contributed by atoms with van der Waals surface area (Å²) in [6, 6.07) is 15.2. The zero-order valence-corrected chi connectivity index (χ0v) is 21.2. The number of nitrogens with one attached hydrogen (secondary N) is 1. The second-order valence-corrected chi connectivity index (χ2v) is 9.61. The lowest BCUT2D eigenvalue weighted by Crippen LogP contribution is -2.24. The van der Waals surface area contributed by atoms with Crippen LogP contribution in [-0.2, 0) is 5.75 Å². The predicted octanol–water partition coefficient (Wildman–Crippen LogP) is 5.88. The zero-order valence-electron chi connectivity index (χ0n) is 18.8. The minimum absolute atomic E-state index is 0.140. The summed E-state index contributed by atoms with van der Waals surface area (Å²) in [5.74, 6) is 1.72. The molecule has 0 aliphatic rings. The molecule has 1 amide bonds. The van der Waals surface area contributed by atoms with Crippen molar-refractivity contribution < 1.29 is 9.53 Å². The van der Waals surface area contributed by atoms with Gasteiger partial charge in [0.25, 0.3) is 5.91 Å². The number of ether oxygens (including phenoxy) is 1. The van der Waals surface area contributed by atoms with Gasteiger partial charge in [0.05, 0.1) is 23.6 Å². The lowest BCUT2D eigenvalue weighted by Gasteiger charge is -2.14. The molecule has 0 saturated heterocycles. The summed E-state index contributed by atoms with van der Waals surface area (Å²) < 4.78 is 7.55. The van der Waals surface area contributed by atoms with Gasteiger partial charge in [-0.2, -0.15) is 0 Å². The van der Waals surface area contributed by atoms with Crippen molar-refractivity contribution in [3.05, 3.63) is 69.6 Å². The first-order chi connectivity index (χ1) is 16.6. The number of thiazole rings is 1. The Morgan fingerprint density at radius 2 is 1.97 bits per heavy atom. The second kappa shape index (κ2) is 11.5. The van der Waals surface area contributed by atoms with Gasteiger partial charge in [-0.15, -0.1) is 21.5 Å². The monoisotopic (exact) mass is 513 g/mol. The Hall–Kier alpha value is -2.88. The van der Waals surface area contributed by atoms with E-state index in [0.29, 0.717) is 39.7 Å². The average molecular weight is 514 g/mol. The molecule has 0 aliphatic carbocycles. The highest BCUT2D eigenvalue weighted by Crippen LogP contribution is 2.36. The molecular weight excluding hydrogens is 490 g/mol. The van der Waals surface area contributed by atoms with E-state index in [-0.39, 0.29) is 5.91 Å². The molecular formula is C24H24ClN5O2S2. The first kappa shape index (κ1) is 24.3. The van der Waals surface area contributed by atoms with E-state index in [0.717, 1.165) is 29.1 Å². The number of carbonyl (C=O) groups is 1. The van der Waals surface area contributed by atoms with E-state index in [1.165, 1.54) is 23.1 Å². The van der Waals surface area contributed by atoms with Gasteiger partial charge < -0.3 is 10.1 Å². The van der Waals surface area contributed by atoms with Crippen LogP contribution >= 0.6 is 34.7 Å². The lowest BCUT2D eigenvalue weighted by atomic mass is 10.2. The van der Waals surface area contributed by atoms with Crippen molar-refractivity contribution in [3.8, 4) is 22.8 Å². The molecule has 4 aromatic rings. The predicted molar refractivity (Wildman–Crippen MR) is 137 cm³/mol. The van der Waals surface area contributed by atoms with E-state index in [1.807, 2.05) is 53.1 Å². The van der Waals surface area contributed by atoms with Crippen molar-refractivity contribution in [2.24, 2.45) is 0 Å². The topological polar surface area (TPSA) is 81.9 Å². The normalized spacial score (nSPS) is 10.9. The van der Waals surface area contributed by atoms with Crippen LogP contribution in [-0.4, -0.2) is 39.3 Å². The van der Waals surface area contributed by atoms with E-state index < -0.39 is 0 Å². The number of rotatable bonds is 10. The molecule has 1 N–H and O–H groups in total. The van der Waals surface area contributed by atoms with Gasteiger partial charge >= 0.3 is 0 Å². The highest BCUT2D eigenvalue weighted by molar-refractivity contribution is 7.98. The summed E-state index contributed by atoms with van der Waals surface area (Å²) in [7, 11) is 1.63. The number of amides is 1. The quantitative estimate of drug-likeness (QED) is 0.211. The first-order valence-electron chi connectivity index (χ1n) is 10.8. The van der Waals surface area contributed by atoms with Crippen LogP contribution in [0.25, 0.3) is 17.1 Å². The Balaban J connectivity index is 1.62. The number of benzene rings is 2. The minimum atomic E-state index is -0.140. The van der Waals surface area contributed by atoms with E-state index in [1.54, 1.807) is 12.5 Å². The van der Waals surface area contributed by atoms with Gasteiger partial charge in [-0.25, -0.2) is 4.98 Å². The van der Waals surface area contributed by atoms with Gasteiger partial charge in [-0.1, -0.05) is 61.0 Å². The fourth-order valence-corrected chi connectivity index (χ4v) is 5.25. The highest BCUT2D eigenvalue weighted by Gasteiger charge is 2.21. The second-order valence-electron chi connectivity index (χ2n) is 7.32. The van der Waals surface area contributed by atoms with Gasteiger partial charge in [0.1, 0.15) is 16.5 Å². The van der Waals surface area contributed by atoms with Crippen LogP contribution in [0.3, 0.4) is 0 Å². The van der Waals surface area contributed by atoms with Crippen molar-refractivity contribution in [2.45, 2.75) is 30.7 Å². The molecule has 0 aliphatic heterocycles. The Bertz CT molecular complexity index is 1270. The first-order valence-corrected chi connectivity index (χ1v) is 13.1. The van der Waals surface area contributed by atoms with Gasteiger partial charge in [0, 0.05) is 17.5 Å². The number of unbranched alkanes of at least 4 members (excludes halogenated alkanes) is 1. The molecule has 0 fully saturated rings. The number of hydrogen-bond acceptors (Lipinski definition) is 7. The number of thioether (sulfide) groups is 1. The van der Waals surface area contributed by atoms with Gasteiger partial charge in [-0.3, -0.25) is 9.36 Å². The molecule has 0 unspecified atom stereocenters. The van der Waals surface area contributed by atoms with Crippen molar-refractivity contribution in [2.75, 3.05) is 13.7 Å². The Morgan fingerprint density at radius 3 is 2.76 bits per heavy atom. The van der Waals surface area contributed by atoms with Crippen LogP contribution in [0, 0.1) is 0 Å². The highest BCUT2D eigenvalue weighted by atomic mass is 35.5. The molecule has 7 nitrogen and oxygen atoms in total. The fourth-order valence-electron chi connectivity index (χ4n) is 3.29. The fraction of sp³-hybridized carbons (Fsp3) is 0.250. The van der Waals surface area contributed by atoms with Crippen LogP contribution in [0.2, 0.25) is 5.02 Å². The molecule has 176 valence electrons. The summed E-state index contributed by atoms with van der Waals surface area (Å²) in [4.78, 5) is 16.8. The molecule has 0 radical (unpaired) electrons. The number of nitrogens with zero attached hydrogens (tertiary/aromatic N) is 4. The third-order valence-corrected chi connectivity index (χ3v) is 7.30. The third kappa shape index (κ3) is 5.43. The van der Waals surface area contributed by atoms with Crippen LogP contribution in [0.15, 0.2) is 59.1 Å². The van der Waals surface area contributed by atoms with Gasteiger partial charge in [0.15, 0.2) is 11.0 Å². The van der Waals surface area contributed by atoms with Gasteiger partial charge in [0.2, 0.25) is 0 Å². The van der Waals surface area contributed by atoms with Crippen molar-refractivity contribution in [3.63, 3.8) is 0 Å². The summed E-state index contributed by atoms with van der Waals surface area (Å²) in [5, 5.41) is 15.7. The van der Waals surface area contributed by atoms with E-state index >= 15 is 0 Å². The lowest BCUT2D eigenvalue weighted by molar-refractivity contribution is 0.0948. The summed E-state index contributed by atoms with van der Waals surface area (Å²) in [5.41, 5.74) is 2.02. The van der Waals surface area contributed by atoms with Crippen LogP contribution in [0.1, 0.15) is 35.3 Å². The number of halogens is 1. The molecule has 34 heavy (non-hydrogen) atoms. The summed E-state index contributed by atoms with van der Waals surface area (Å²) in [6.45, 7) is 2.75. The SMILES string of the molecule is CCCCNC(=O)c1csc(CSc2nnc(-c3ccccc3Cl)n2-c2ccccc2OC)n1. The third-order valence-electron chi connectivity index (χ3n) is 5.00. The molecule has 2 aromatic carbocycles. The van der Waals surface area contributed by atoms with Crippen LogP contribution in [0.4, 0.5) is 0 Å². The maximum absolute atomic E-state index is 12.3. The van der Waals surface area contributed by atoms with Crippen LogP contribution < -0.4 is 10.1 Å². The van der Waals surface area contributed by atoms with Crippen molar-refractivity contribution in [1.29, 1.82) is 0 Å². The number of methoxy groups -OCH3 is 1. The molecule has 2 aromatic heterocycles. The molecule has 10 heteroatoms. The maximum atomic E-state index is 12.3. The minimum Gasteiger partial charge on any atom is -0.495 e. The largest absolute Gasteiger partial charge is 0.495 e. The van der Waals surface area contributed by atoms with E-state index in [4.69, 9.17) is 16.3 Å². The Labute approximate surface area is 211 Å². The van der Waals surface area contributed by atoms with Gasteiger partial charge in [-0.05, 0) is 30.7 Å². The molecule has 0 atom stereocenters. The smallest absolute Gasteiger partial charge is 0.270 e. The summed E-state index contributed by atoms with van der Waals surface area (Å²) >= 11 is 9.43.